The molecule has 2 rings (SSSR count). The lowest BCUT2D eigenvalue weighted by Gasteiger charge is -2.25. The Balaban J connectivity index is 2.29. The molecule has 1 atom stereocenters. The number of hydrogen-bond donors (Lipinski definition) is 1. The molecular weight excluding hydrogens is 245 g/mol. The quantitative estimate of drug-likeness (QED) is 0.814. The summed E-state index contributed by atoms with van der Waals surface area (Å²) in [4.78, 5) is 0. The molecular formula is C11H13BrFN. The van der Waals surface area contributed by atoms with Crippen LogP contribution in [0.5, 0.6) is 0 Å². The third-order valence-corrected chi connectivity index (χ3v) is 3.35. The van der Waals surface area contributed by atoms with Gasteiger partial charge in [-0.2, -0.15) is 0 Å². The SMILES string of the molecule is Fc1cccc(Br)c1[C@H]1CCCCN1. The number of halogens is 2. The predicted molar refractivity (Wildman–Crippen MR) is 58.7 cm³/mol. The Kier molecular flexibility index (Phi) is 3.19. The maximum atomic E-state index is 13.6. The normalized spacial score (nSPS) is 22.3. The number of benzene rings is 1. The van der Waals surface area contributed by atoms with E-state index in [-0.39, 0.29) is 11.9 Å². The van der Waals surface area contributed by atoms with Crippen LogP contribution in [0.1, 0.15) is 30.9 Å². The van der Waals surface area contributed by atoms with Crippen LogP contribution in [-0.2, 0) is 0 Å². The van der Waals surface area contributed by atoms with Gasteiger partial charge in [0.25, 0.3) is 0 Å². The maximum Gasteiger partial charge on any atom is 0.129 e. The van der Waals surface area contributed by atoms with Crippen molar-refractivity contribution >= 4 is 15.9 Å². The Morgan fingerprint density at radius 1 is 1.36 bits per heavy atom. The molecule has 0 unspecified atom stereocenters. The second-order valence-electron chi connectivity index (χ2n) is 3.64. The lowest BCUT2D eigenvalue weighted by Crippen LogP contribution is -2.27. The monoisotopic (exact) mass is 257 g/mol. The van der Waals surface area contributed by atoms with E-state index in [4.69, 9.17) is 0 Å². The molecule has 1 nitrogen and oxygen atoms in total. The summed E-state index contributed by atoms with van der Waals surface area (Å²) < 4.78 is 14.4. The van der Waals surface area contributed by atoms with Gasteiger partial charge in [-0.05, 0) is 31.5 Å². The Labute approximate surface area is 91.8 Å². The highest BCUT2D eigenvalue weighted by atomic mass is 79.9. The molecule has 0 saturated carbocycles. The second kappa shape index (κ2) is 4.41. The average molecular weight is 258 g/mol. The Bertz CT molecular complexity index is 301. The first-order valence-electron chi connectivity index (χ1n) is 4.96. The summed E-state index contributed by atoms with van der Waals surface area (Å²) in [6.07, 6.45) is 3.40. The minimum Gasteiger partial charge on any atom is -0.310 e. The van der Waals surface area contributed by atoms with Crippen molar-refractivity contribution in [2.24, 2.45) is 0 Å². The zero-order valence-corrected chi connectivity index (χ0v) is 9.48. The topological polar surface area (TPSA) is 12.0 Å². The first kappa shape index (κ1) is 10.1. The summed E-state index contributed by atoms with van der Waals surface area (Å²) in [5.74, 6) is -0.112. The molecule has 0 amide bonds. The first-order chi connectivity index (χ1) is 6.79. The largest absolute Gasteiger partial charge is 0.310 e. The van der Waals surface area contributed by atoms with E-state index in [1.54, 1.807) is 6.07 Å². The van der Waals surface area contributed by atoms with Gasteiger partial charge in [-0.25, -0.2) is 4.39 Å². The minimum atomic E-state index is -0.112. The molecule has 76 valence electrons. The van der Waals surface area contributed by atoms with E-state index in [2.05, 4.69) is 21.2 Å². The van der Waals surface area contributed by atoms with Crippen LogP contribution in [0.4, 0.5) is 4.39 Å². The fraction of sp³-hybridized carbons (Fsp3) is 0.455. The second-order valence-corrected chi connectivity index (χ2v) is 4.49. The first-order valence-corrected chi connectivity index (χ1v) is 5.75. The highest BCUT2D eigenvalue weighted by molar-refractivity contribution is 9.10. The van der Waals surface area contributed by atoms with Crippen LogP contribution in [0.2, 0.25) is 0 Å². The van der Waals surface area contributed by atoms with Gasteiger partial charge in [-0.15, -0.1) is 0 Å². The van der Waals surface area contributed by atoms with Gasteiger partial charge in [0.05, 0.1) is 0 Å². The standard InChI is InChI=1S/C11H13BrFN/c12-8-4-3-5-9(13)11(8)10-6-1-2-7-14-10/h3-5,10,14H,1-2,6-7H2/t10-/m1/s1. The molecule has 1 aromatic carbocycles. The van der Waals surface area contributed by atoms with Crippen LogP contribution in [0.25, 0.3) is 0 Å². The molecule has 3 heteroatoms. The van der Waals surface area contributed by atoms with Crippen LogP contribution in [0.3, 0.4) is 0 Å². The van der Waals surface area contributed by atoms with E-state index in [9.17, 15) is 4.39 Å². The highest BCUT2D eigenvalue weighted by Crippen LogP contribution is 2.30. The highest BCUT2D eigenvalue weighted by Gasteiger charge is 2.20. The van der Waals surface area contributed by atoms with Gasteiger partial charge in [0.15, 0.2) is 0 Å². The average Bonchev–Trinajstić information content (AvgIpc) is 2.19. The Morgan fingerprint density at radius 3 is 2.86 bits per heavy atom. The van der Waals surface area contributed by atoms with Gasteiger partial charge in [0, 0.05) is 16.1 Å². The Morgan fingerprint density at radius 2 is 2.21 bits per heavy atom. The van der Waals surface area contributed by atoms with Crippen LogP contribution in [0.15, 0.2) is 22.7 Å². The van der Waals surface area contributed by atoms with Crippen molar-refractivity contribution in [2.75, 3.05) is 6.54 Å². The molecule has 14 heavy (non-hydrogen) atoms. The molecule has 1 aromatic rings. The van der Waals surface area contributed by atoms with E-state index in [1.807, 2.05) is 6.07 Å². The molecule has 1 N–H and O–H groups in total. The lowest BCUT2D eigenvalue weighted by atomic mass is 9.97. The van der Waals surface area contributed by atoms with Gasteiger partial charge in [0.1, 0.15) is 5.82 Å². The van der Waals surface area contributed by atoms with Crippen LogP contribution < -0.4 is 5.32 Å². The molecule has 0 spiro atoms. The van der Waals surface area contributed by atoms with E-state index in [1.165, 1.54) is 18.9 Å². The lowest BCUT2D eigenvalue weighted by molar-refractivity contribution is 0.398. The van der Waals surface area contributed by atoms with E-state index in [0.29, 0.717) is 0 Å². The van der Waals surface area contributed by atoms with Crippen molar-refractivity contribution in [3.8, 4) is 0 Å². The molecule has 1 fully saturated rings. The molecule has 1 aliphatic heterocycles. The summed E-state index contributed by atoms with van der Waals surface area (Å²) >= 11 is 3.40. The van der Waals surface area contributed by atoms with Crippen molar-refractivity contribution in [1.29, 1.82) is 0 Å². The van der Waals surface area contributed by atoms with Crippen molar-refractivity contribution in [3.63, 3.8) is 0 Å². The minimum absolute atomic E-state index is 0.112. The maximum absolute atomic E-state index is 13.6. The number of nitrogens with one attached hydrogen (secondary N) is 1. The summed E-state index contributed by atoms with van der Waals surface area (Å²) in [7, 11) is 0. The fourth-order valence-electron chi connectivity index (χ4n) is 1.94. The molecule has 0 aliphatic carbocycles. The van der Waals surface area contributed by atoms with E-state index in [0.717, 1.165) is 23.0 Å². The smallest absolute Gasteiger partial charge is 0.129 e. The van der Waals surface area contributed by atoms with Gasteiger partial charge >= 0.3 is 0 Å². The number of hydrogen-bond acceptors (Lipinski definition) is 1. The van der Waals surface area contributed by atoms with Gasteiger partial charge < -0.3 is 5.32 Å². The third kappa shape index (κ3) is 1.98. The summed E-state index contributed by atoms with van der Waals surface area (Å²) in [5, 5.41) is 3.35. The molecule has 1 heterocycles. The van der Waals surface area contributed by atoms with Crippen molar-refractivity contribution in [3.05, 3.63) is 34.1 Å². The summed E-state index contributed by atoms with van der Waals surface area (Å²) in [6, 6.07) is 5.33. The number of rotatable bonds is 1. The van der Waals surface area contributed by atoms with Gasteiger partial charge in [-0.3, -0.25) is 0 Å². The van der Waals surface area contributed by atoms with E-state index >= 15 is 0 Å². The van der Waals surface area contributed by atoms with E-state index < -0.39 is 0 Å². The third-order valence-electron chi connectivity index (χ3n) is 2.66. The summed E-state index contributed by atoms with van der Waals surface area (Å²) in [6.45, 7) is 0.992. The van der Waals surface area contributed by atoms with Crippen molar-refractivity contribution in [1.82, 2.24) is 5.32 Å². The molecule has 0 radical (unpaired) electrons. The number of piperidine rings is 1. The van der Waals surface area contributed by atoms with Crippen molar-refractivity contribution < 1.29 is 4.39 Å². The van der Waals surface area contributed by atoms with Crippen LogP contribution in [-0.4, -0.2) is 6.54 Å². The zero-order chi connectivity index (χ0) is 9.97. The predicted octanol–water partition coefficient (Wildman–Crippen LogP) is 3.40. The fourth-order valence-corrected chi connectivity index (χ4v) is 2.56. The molecule has 0 aromatic heterocycles. The Hall–Kier alpha value is -0.410. The zero-order valence-electron chi connectivity index (χ0n) is 7.89. The van der Waals surface area contributed by atoms with Crippen LogP contribution >= 0.6 is 15.9 Å². The molecule has 1 saturated heterocycles. The van der Waals surface area contributed by atoms with Gasteiger partial charge in [-0.1, -0.05) is 28.4 Å². The summed E-state index contributed by atoms with van der Waals surface area (Å²) in [5.41, 5.74) is 0.784. The van der Waals surface area contributed by atoms with Gasteiger partial charge in [0.2, 0.25) is 0 Å². The van der Waals surface area contributed by atoms with Crippen LogP contribution in [0, 0.1) is 5.82 Å². The van der Waals surface area contributed by atoms with Crippen molar-refractivity contribution in [2.45, 2.75) is 25.3 Å². The molecule has 1 aliphatic rings. The molecule has 0 bridgehead atoms.